The first-order chi connectivity index (χ1) is 10.1. The summed E-state index contributed by atoms with van der Waals surface area (Å²) in [5.41, 5.74) is 1.81. The molecule has 0 heterocycles. The molecule has 0 amide bonds. The highest BCUT2D eigenvalue weighted by Crippen LogP contribution is 2.29. The highest BCUT2D eigenvalue weighted by Gasteiger charge is 2.19. The minimum Gasteiger partial charge on any atom is -0.385 e. The number of hydrogen-bond acceptors (Lipinski definition) is 4. The highest BCUT2D eigenvalue weighted by molar-refractivity contribution is 5.63. The molecule has 0 bridgehead atoms. The SMILES string of the molecule is CCCNc1cc(NC2CCCC(C)C2)cc([N+](=O)[O-])c1. The second-order valence-electron chi connectivity index (χ2n) is 6.07. The van der Waals surface area contributed by atoms with Gasteiger partial charge in [-0.05, 0) is 31.2 Å². The average molecular weight is 291 g/mol. The monoisotopic (exact) mass is 291 g/mol. The fourth-order valence-corrected chi connectivity index (χ4v) is 2.97. The van der Waals surface area contributed by atoms with E-state index in [0.717, 1.165) is 43.1 Å². The fourth-order valence-electron chi connectivity index (χ4n) is 2.97. The van der Waals surface area contributed by atoms with Crippen LogP contribution in [0, 0.1) is 16.0 Å². The van der Waals surface area contributed by atoms with Crippen LogP contribution in [0.4, 0.5) is 17.1 Å². The second-order valence-corrected chi connectivity index (χ2v) is 6.07. The predicted octanol–water partition coefficient (Wildman–Crippen LogP) is 4.41. The highest BCUT2D eigenvalue weighted by atomic mass is 16.6. The van der Waals surface area contributed by atoms with E-state index < -0.39 is 0 Å². The molecule has 1 aliphatic carbocycles. The third-order valence-electron chi connectivity index (χ3n) is 4.01. The molecule has 1 aromatic carbocycles. The Bertz CT molecular complexity index is 490. The van der Waals surface area contributed by atoms with Gasteiger partial charge < -0.3 is 10.6 Å². The molecule has 1 aromatic rings. The summed E-state index contributed by atoms with van der Waals surface area (Å²) in [5.74, 6) is 0.729. The van der Waals surface area contributed by atoms with Crippen molar-refractivity contribution < 1.29 is 4.92 Å². The number of anilines is 2. The van der Waals surface area contributed by atoms with Crippen LogP contribution in [-0.4, -0.2) is 17.5 Å². The molecule has 5 nitrogen and oxygen atoms in total. The number of rotatable bonds is 6. The van der Waals surface area contributed by atoms with Crippen LogP contribution in [0.2, 0.25) is 0 Å². The third kappa shape index (κ3) is 4.62. The Labute approximate surface area is 126 Å². The normalized spacial score (nSPS) is 21.8. The lowest BCUT2D eigenvalue weighted by molar-refractivity contribution is -0.384. The summed E-state index contributed by atoms with van der Waals surface area (Å²) in [6.07, 6.45) is 5.79. The van der Waals surface area contributed by atoms with Crippen LogP contribution >= 0.6 is 0 Å². The number of benzene rings is 1. The fraction of sp³-hybridized carbons (Fsp3) is 0.625. The maximum Gasteiger partial charge on any atom is 0.273 e. The molecule has 0 aromatic heterocycles. The lowest BCUT2D eigenvalue weighted by atomic mass is 9.87. The maximum absolute atomic E-state index is 11.1. The lowest BCUT2D eigenvalue weighted by Gasteiger charge is -2.28. The molecule has 2 N–H and O–H groups in total. The van der Waals surface area contributed by atoms with Crippen molar-refractivity contribution in [1.82, 2.24) is 0 Å². The molecule has 2 unspecified atom stereocenters. The number of nitrogens with zero attached hydrogens (tertiary/aromatic N) is 1. The molecular formula is C16H25N3O2. The largest absolute Gasteiger partial charge is 0.385 e. The van der Waals surface area contributed by atoms with E-state index in [2.05, 4.69) is 24.5 Å². The van der Waals surface area contributed by atoms with E-state index in [-0.39, 0.29) is 10.6 Å². The van der Waals surface area contributed by atoms with Crippen LogP contribution in [-0.2, 0) is 0 Å². The van der Waals surface area contributed by atoms with Gasteiger partial charge in [0.2, 0.25) is 0 Å². The smallest absolute Gasteiger partial charge is 0.273 e. The lowest BCUT2D eigenvalue weighted by Crippen LogP contribution is -2.26. The topological polar surface area (TPSA) is 67.2 Å². The Hall–Kier alpha value is -1.78. The van der Waals surface area contributed by atoms with Gasteiger partial charge in [0.15, 0.2) is 0 Å². The zero-order valence-electron chi connectivity index (χ0n) is 12.9. The van der Waals surface area contributed by atoms with Crippen molar-refractivity contribution in [2.75, 3.05) is 17.2 Å². The molecule has 0 radical (unpaired) electrons. The summed E-state index contributed by atoms with van der Waals surface area (Å²) < 4.78 is 0. The first kappa shape index (κ1) is 15.6. The van der Waals surface area contributed by atoms with E-state index in [9.17, 15) is 10.1 Å². The van der Waals surface area contributed by atoms with Crippen molar-refractivity contribution in [2.24, 2.45) is 5.92 Å². The molecular weight excluding hydrogens is 266 g/mol. The molecule has 116 valence electrons. The zero-order chi connectivity index (χ0) is 15.2. The molecule has 0 spiro atoms. The summed E-state index contributed by atoms with van der Waals surface area (Å²) in [5, 5.41) is 17.8. The van der Waals surface area contributed by atoms with Crippen molar-refractivity contribution in [3.8, 4) is 0 Å². The van der Waals surface area contributed by atoms with Gasteiger partial charge in [-0.25, -0.2) is 0 Å². The van der Waals surface area contributed by atoms with Crippen molar-refractivity contribution in [1.29, 1.82) is 0 Å². The first-order valence-electron chi connectivity index (χ1n) is 7.88. The van der Waals surface area contributed by atoms with Gasteiger partial charge in [-0.1, -0.05) is 26.7 Å². The maximum atomic E-state index is 11.1. The quantitative estimate of drug-likeness (QED) is 0.602. The summed E-state index contributed by atoms with van der Waals surface area (Å²) in [7, 11) is 0. The average Bonchev–Trinajstić information content (AvgIpc) is 2.45. The molecule has 0 aliphatic heterocycles. The van der Waals surface area contributed by atoms with Gasteiger partial charge in [0.05, 0.1) is 4.92 Å². The van der Waals surface area contributed by atoms with Crippen LogP contribution in [0.5, 0.6) is 0 Å². The van der Waals surface area contributed by atoms with Gasteiger partial charge in [-0.3, -0.25) is 10.1 Å². The van der Waals surface area contributed by atoms with Crippen LogP contribution in [0.25, 0.3) is 0 Å². The second kappa shape index (κ2) is 7.29. The van der Waals surface area contributed by atoms with Crippen molar-refractivity contribution in [3.05, 3.63) is 28.3 Å². The summed E-state index contributed by atoms with van der Waals surface area (Å²) in [6, 6.07) is 5.64. The van der Waals surface area contributed by atoms with E-state index in [1.54, 1.807) is 12.1 Å². The minimum absolute atomic E-state index is 0.141. The van der Waals surface area contributed by atoms with Crippen molar-refractivity contribution in [3.63, 3.8) is 0 Å². The summed E-state index contributed by atoms with van der Waals surface area (Å²) in [4.78, 5) is 10.7. The summed E-state index contributed by atoms with van der Waals surface area (Å²) in [6.45, 7) is 5.17. The first-order valence-corrected chi connectivity index (χ1v) is 7.88. The Morgan fingerprint density at radius 1 is 1.29 bits per heavy atom. The van der Waals surface area contributed by atoms with Crippen molar-refractivity contribution in [2.45, 2.75) is 52.0 Å². The molecule has 1 aliphatic rings. The molecule has 2 atom stereocenters. The van der Waals surface area contributed by atoms with E-state index in [1.807, 2.05) is 6.07 Å². The molecule has 21 heavy (non-hydrogen) atoms. The Morgan fingerprint density at radius 3 is 2.71 bits per heavy atom. The van der Waals surface area contributed by atoms with Gasteiger partial charge in [-0.15, -0.1) is 0 Å². The van der Waals surface area contributed by atoms with Gasteiger partial charge in [0.1, 0.15) is 0 Å². The molecule has 1 fully saturated rings. The Kier molecular flexibility index (Phi) is 5.42. The van der Waals surface area contributed by atoms with Crippen molar-refractivity contribution >= 4 is 17.1 Å². The molecule has 0 saturated heterocycles. The number of hydrogen-bond donors (Lipinski definition) is 2. The molecule has 2 rings (SSSR count). The number of nitrogens with one attached hydrogen (secondary N) is 2. The number of nitro groups is 1. The standard InChI is InChI=1S/C16H25N3O2/c1-3-7-17-14-9-15(11-16(10-14)19(20)21)18-13-6-4-5-12(2)8-13/h9-13,17-18H,3-8H2,1-2H3. The van der Waals surface area contributed by atoms with Crippen LogP contribution in [0.1, 0.15) is 46.0 Å². The predicted molar refractivity (Wildman–Crippen MR) is 86.9 cm³/mol. The van der Waals surface area contributed by atoms with E-state index in [1.165, 1.54) is 12.8 Å². The Morgan fingerprint density at radius 2 is 2.05 bits per heavy atom. The Balaban J connectivity index is 2.12. The summed E-state index contributed by atoms with van der Waals surface area (Å²) >= 11 is 0. The van der Waals surface area contributed by atoms with Crippen LogP contribution in [0.15, 0.2) is 18.2 Å². The number of nitro benzene ring substituents is 1. The van der Waals surface area contributed by atoms with Crippen LogP contribution < -0.4 is 10.6 Å². The van der Waals surface area contributed by atoms with Gasteiger partial charge >= 0.3 is 0 Å². The minimum atomic E-state index is -0.328. The van der Waals surface area contributed by atoms with E-state index in [0.29, 0.717) is 6.04 Å². The van der Waals surface area contributed by atoms with Gasteiger partial charge in [0.25, 0.3) is 5.69 Å². The van der Waals surface area contributed by atoms with Gasteiger partial charge in [0, 0.05) is 36.1 Å². The van der Waals surface area contributed by atoms with E-state index in [4.69, 9.17) is 0 Å². The molecule has 5 heteroatoms. The van der Waals surface area contributed by atoms with Crippen LogP contribution in [0.3, 0.4) is 0 Å². The zero-order valence-corrected chi connectivity index (χ0v) is 12.9. The molecule has 1 saturated carbocycles. The van der Waals surface area contributed by atoms with E-state index >= 15 is 0 Å². The third-order valence-corrected chi connectivity index (χ3v) is 4.01. The number of non-ortho nitro benzene ring substituents is 1. The van der Waals surface area contributed by atoms with Gasteiger partial charge in [-0.2, -0.15) is 0 Å².